The number of amides is 1. The first kappa shape index (κ1) is 31.6. The number of rotatable bonds is 13. The Morgan fingerprint density at radius 3 is 2.53 bits per heavy atom. The fraction of sp³-hybridized carbons (Fsp3) is 0.235. The fourth-order valence-corrected chi connectivity index (χ4v) is 5.46. The number of para-hydroxylation sites is 1. The lowest BCUT2D eigenvalue weighted by molar-refractivity contribution is -0.129. The van der Waals surface area contributed by atoms with Gasteiger partial charge in [-0.15, -0.1) is 0 Å². The highest BCUT2D eigenvalue weighted by Gasteiger charge is 2.53. The van der Waals surface area contributed by atoms with Crippen molar-refractivity contribution in [1.29, 1.82) is 0 Å². The van der Waals surface area contributed by atoms with Gasteiger partial charge in [-0.05, 0) is 53.6 Å². The molecule has 11 heteroatoms. The molecular weight excluding hydrogens is 638 g/mol. The SMILES string of the molecule is COc1ccccc1CNC(=O)[C@]1(Cc2ccc(Br)cc2)N=C(c2ccc(OCCCO)cc2)O[C@@H]1c1ccccc1N=[N+]=[N-]. The Morgan fingerprint density at radius 2 is 1.80 bits per heavy atom. The maximum absolute atomic E-state index is 14.6. The number of aliphatic hydroxyl groups is 1. The van der Waals surface area contributed by atoms with Gasteiger partial charge in [0, 0.05) is 57.8 Å². The molecule has 0 aromatic heterocycles. The minimum atomic E-state index is -1.48. The third-order valence-corrected chi connectivity index (χ3v) is 7.95. The van der Waals surface area contributed by atoms with Crippen molar-refractivity contribution in [2.45, 2.75) is 31.0 Å². The molecule has 0 unspecified atom stereocenters. The molecule has 2 N–H and O–H groups in total. The molecule has 1 aliphatic rings. The maximum atomic E-state index is 14.6. The largest absolute Gasteiger partial charge is 0.496 e. The Kier molecular flexibility index (Phi) is 10.4. The summed E-state index contributed by atoms with van der Waals surface area (Å²) in [5, 5.41) is 16.1. The van der Waals surface area contributed by atoms with E-state index in [0.717, 1.165) is 15.6 Å². The molecule has 4 aromatic carbocycles. The summed E-state index contributed by atoms with van der Waals surface area (Å²) >= 11 is 3.49. The van der Waals surface area contributed by atoms with Gasteiger partial charge in [-0.3, -0.25) is 4.79 Å². The molecule has 4 aromatic rings. The van der Waals surface area contributed by atoms with Crippen LogP contribution in [0.15, 0.2) is 112 Å². The predicted octanol–water partition coefficient (Wildman–Crippen LogP) is 6.98. The Morgan fingerprint density at radius 1 is 1.07 bits per heavy atom. The molecule has 45 heavy (non-hydrogen) atoms. The number of nitrogens with zero attached hydrogens (tertiary/aromatic N) is 4. The van der Waals surface area contributed by atoms with Gasteiger partial charge in [0.2, 0.25) is 5.90 Å². The minimum Gasteiger partial charge on any atom is -0.496 e. The summed E-state index contributed by atoms with van der Waals surface area (Å²) in [6, 6.07) is 29.4. The third-order valence-electron chi connectivity index (χ3n) is 7.42. The molecule has 5 rings (SSSR count). The fourth-order valence-electron chi connectivity index (χ4n) is 5.20. The van der Waals surface area contributed by atoms with Gasteiger partial charge in [0.25, 0.3) is 5.91 Å². The van der Waals surface area contributed by atoms with E-state index in [-0.39, 0.29) is 31.4 Å². The number of benzene rings is 4. The van der Waals surface area contributed by atoms with Gasteiger partial charge in [0.05, 0.1) is 13.7 Å². The monoisotopic (exact) mass is 669 g/mol. The van der Waals surface area contributed by atoms with E-state index in [4.69, 9.17) is 24.3 Å². The molecule has 1 aliphatic heterocycles. The zero-order valence-corrected chi connectivity index (χ0v) is 26.2. The van der Waals surface area contributed by atoms with Crippen molar-refractivity contribution in [1.82, 2.24) is 5.32 Å². The van der Waals surface area contributed by atoms with Gasteiger partial charge in [0.1, 0.15) is 11.5 Å². The predicted molar refractivity (Wildman–Crippen MR) is 175 cm³/mol. The Balaban J connectivity index is 1.60. The van der Waals surface area contributed by atoms with Crippen molar-refractivity contribution < 1.29 is 24.1 Å². The van der Waals surface area contributed by atoms with Crippen molar-refractivity contribution in [3.05, 3.63) is 134 Å². The maximum Gasteiger partial charge on any atom is 0.252 e. The van der Waals surface area contributed by atoms with E-state index in [1.165, 1.54) is 0 Å². The van der Waals surface area contributed by atoms with Crippen molar-refractivity contribution in [3.8, 4) is 11.5 Å². The topological polar surface area (TPSA) is 138 Å². The van der Waals surface area contributed by atoms with Crippen LogP contribution in [0.25, 0.3) is 10.4 Å². The second-order valence-electron chi connectivity index (χ2n) is 10.3. The molecule has 0 saturated carbocycles. The molecule has 0 bridgehead atoms. The van der Waals surface area contributed by atoms with Crippen LogP contribution in [0.4, 0.5) is 5.69 Å². The summed E-state index contributed by atoms with van der Waals surface area (Å²) in [7, 11) is 1.59. The summed E-state index contributed by atoms with van der Waals surface area (Å²) < 4.78 is 18.7. The summed E-state index contributed by atoms with van der Waals surface area (Å²) in [6.45, 7) is 0.621. The molecule has 0 fully saturated rings. The Labute approximate surface area is 269 Å². The van der Waals surface area contributed by atoms with Crippen LogP contribution in [0, 0.1) is 0 Å². The number of methoxy groups -OCH3 is 1. The Hall–Kier alpha value is -4.83. The number of hydrogen-bond donors (Lipinski definition) is 2. The van der Waals surface area contributed by atoms with Gasteiger partial charge in [-0.25, -0.2) is 4.99 Å². The van der Waals surface area contributed by atoms with E-state index in [9.17, 15) is 10.3 Å². The van der Waals surface area contributed by atoms with Crippen molar-refractivity contribution >= 4 is 33.4 Å². The number of aliphatic hydroxyl groups excluding tert-OH is 1. The van der Waals surface area contributed by atoms with Gasteiger partial charge in [-0.1, -0.05) is 75.6 Å². The van der Waals surface area contributed by atoms with Gasteiger partial charge in [-0.2, -0.15) is 0 Å². The molecule has 10 nitrogen and oxygen atoms in total. The lowest BCUT2D eigenvalue weighted by Gasteiger charge is -2.31. The first-order chi connectivity index (χ1) is 22.0. The first-order valence-electron chi connectivity index (χ1n) is 14.4. The number of aliphatic imine (C=N–C) groups is 1. The van der Waals surface area contributed by atoms with Crippen LogP contribution >= 0.6 is 15.9 Å². The van der Waals surface area contributed by atoms with Crippen molar-refractivity contribution in [2.75, 3.05) is 20.3 Å². The molecule has 1 heterocycles. The van der Waals surface area contributed by atoms with E-state index < -0.39 is 11.6 Å². The van der Waals surface area contributed by atoms with E-state index in [1.54, 1.807) is 37.4 Å². The second-order valence-corrected chi connectivity index (χ2v) is 11.3. The van der Waals surface area contributed by atoms with E-state index >= 15 is 0 Å². The smallest absolute Gasteiger partial charge is 0.252 e. The van der Waals surface area contributed by atoms with Crippen LogP contribution in [0.2, 0.25) is 0 Å². The number of azide groups is 1. The summed E-state index contributed by atoms with van der Waals surface area (Å²) in [5.41, 5.74) is 11.0. The zero-order valence-electron chi connectivity index (χ0n) is 24.6. The first-order valence-corrected chi connectivity index (χ1v) is 15.2. The highest BCUT2D eigenvalue weighted by Crippen LogP contribution is 2.45. The van der Waals surface area contributed by atoms with Crippen LogP contribution in [0.1, 0.15) is 34.8 Å². The number of carbonyl (C=O) groups excluding carboxylic acids is 1. The molecule has 0 radical (unpaired) electrons. The van der Waals surface area contributed by atoms with Gasteiger partial charge >= 0.3 is 0 Å². The average molecular weight is 671 g/mol. The number of hydrogen-bond acceptors (Lipinski definition) is 7. The van der Waals surface area contributed by atoms with Crippen molar-refractivity contribution in [3.63, 3.8) is 0 Å². The molecule has 0 saturated heterocycles. The quantitative estimate of drug-likeness (QED) is 0.0685. The van der Waals surface area contributed by atoms with Crippen LogP contribution < -0.4 is 14.8 Å². The van der Waals surface area contributed by atoms with Crippen LogP contribution in [-0.2, 0) is 22.5 Å². The molecule has 0 aliphatic carbocycles. The third kappa shape index (κ3) is 7.29. The van der Waals surface area contributed by atoms with Crippen LogP contribution in [0.5, 0.6) is 11.5 Å². The highest BCUT2D eigenvalue weighted by molar-refractivity contribution is 9.10. The van der Waals surface area contributed by atoms with Gasteiger partial charge in [0.15, 0.2) is 11.6 Å². The number of halogens is 1. The zero-order chi connectivity index (χ0) is 31.6. The molecule has 230 valence electrons. The minimum absolute atomic E-state index is 0.0427. The van der Waals surface area contributed by atoms with E-state index in [1.807, 2.05) is 66.7 Å². The lowest BCUT2D eigenvalue weighted by atomic mass is 9.81. The normalized spacial score (nSPS) is 17.0. The Bertz CT molecular complexity index is 1710. The molecule has 1 amide bonds. The van der Waals surface area contributed by atoms with Gasteiger partial charge < -0.3 is 24.6 Å². The standard InChI is InChI=1S/C34H32BrN5O5/c1-43-30-10-5-2-7-25(30)22-37-33(42)34(21-23-11-15-26(35)16-12-23)31(28-8-3-4-9-29(28)39-40-36)45-32(38-34)24-13-17-27(18-14-24)44-20-6-19-41/h2-5,7-18,31,41H,6,19-22H2,1H3,(H,37,42)/t31-,34-/m1/s1. The van der Waals surface area contributed by atoms with E-state index in [0.29, 0.717) is 41.3 Å². The second kappa shape index (κ2) is 14.8. The summed E-state index contributed by atoms with van der Waals surface area (Å²) in [4.78, 5) is 22.6. The molecule has 2 atom stereocenters. The van der Waals surface area contributed by atoms with Crippen LogP contribution in [0.3, 0.4) is 0 Å². The highest BCUT2D eigenvalue weighted by atomic mass is 79.9. The number of ether oxygens (including phenoxy) is 3. The molecular formula is C34H32BrN5O5. The summed E-state index contributed by atoms with van der Waals surface area (Å²) in [6.07, 6.45) is -0.220. The summed E-state index contributed by atoms with van der Waals surface area (Å²) in [5.74, 6) is 1.18. The van der Waals surface area contributed by atoms with Crippen molar-refractivity contribution in [2.24, 2.45) is 10.1 Å². The molecule has 0 spiro atoms. The van der Waals surface area contributed by atoms with E-state index in [2.05, 4.69) is 31.3 Å². The lowest BCUT2D eigenvalue weighted by Crippen LogP contribution is -2.49. The average Bonchev–Trinajstić information content (AvgIpc) is 3.45. The van der Waals surface area contributed by atoms with Crippen LogP contribution in [-0.4, -0.2) is 42.8 Å². The number of carbonyl (C=O) groups is 1. The number of nitrogens with one attached hydrogen (secondary N) is 1.